The van der Waals surface area contributed by atoms with Crippen LogP contribution in [0.15, 0.2) is 84.9 Å². The maximum atomic E-state index is 10.3. The number of aliphatic hydroxyl groups is 11. The molecule has 1 heterocycles. The number of hydrogen-bond acceptors (Lipinski definition) is 15. The van der Waals surface area contributed by atoms with E-state index in [9.17, 15) is 30.6 Å². The van der Waals surface area contributed by atoms with E-state index in [-0.39, 0.29) is 62.4 Å². The number of rotatable bonds is 18. The van der Waals surface area contributed by atoms with E-state index in [1.54, 1.807) is 37.3 Å². The molecule has 8 atom stereocenters. The van der Waals surface area contributed by atoms with Crippen LogP contribution in [-0.2, 0) is 22.3 Å². The summed E-state index contributed by atoms with van der Waals surface area (Å²) in [7, 11) is 0. The molecule has 0 spiro atoms. The second-order valence-corrected chi connectivity index (χ2v) is 14.8. The van der Waals surface area contributed by atoms with E-state index in [4.69, 9.17) is 67.7 Å². The standard InChI is InChI=1S/C21H25ClO6.C21H27ClO6.C2H6O2.C2H6O.CH4.4H2O/c1-2-27-15-6-3-12(4-7-15)9-14-10-13(5-8-16(14)22)21-20(26)19(25)18(24)17(11-23)28-21;1-2-27-17-6-3-14(4-7-17)11-16-12-15(5-8-18(16)22)21(28-10-9-23)20(26)19(25)13-24;3-1-2-4;1-2-3;;;;;/h3-8,10,17-21,23-26H,2,9,11H2,1H3;3-8,12,19-21,23-26H,2,9-11,13H2,1H3;3-4H,1-2H2;3H,2H2,1H3;1H4;4*1H2/t17-,18-,19+,20-,21+;19-,20+,21-;;;;;;;/m10......./s1. The third kappa shape index (κ3) is 22.9. The lowest BCUT2D eigenvalue weighted by atomic mass is 9.90. The van der Waals surface area contributed by atoms with Gasteiger partial charge in [0.25, 0.3) is 0 Å². The molecule has 68 heavy (non-hydrogen) atoms. The van der Waals surface area contributed by atoms with Gasteiger partial charge in [0.1, 0.15) is 60.3 Å². The SMILES string of the molecule is C.CCO.CCOc1ccc(Cc2cc([C@@H]3O[C@H](CO)[C@@H](O)[C@H](O)[C@H]3O)ccc2Cl)cc1.CCOc1ccc(Cc2cc([C@H](OCCO)[C@H](O)[C@@H](O)CO)ccc2Cl)cc1.O.O.O.O.OCCO. The number of hydrogen-bond donors (Lipinski definition) is 11. The van der Waals surface area contributed by atoms with Gasteiger partial charge in [-0.2, -0.15) is 0 Å². The van der Waals surface area contributed by atoms with Crippen LogP contribution in [0.5, 0.6) is 11.5 Å². The van der Waals surface area contributed by atoms with Crippen molar-refractivity contribution in [1.82, 2.24) is 0 Å². The first kappa shape index (κ1) is 70.9. The fourth-order valence-electron chi connectivity index (χ4n) is 6.25. The van der Waals surface area contributed by atoms with Crippen molar-refractivity contribution >= 4 is 23.2 Å². The van der Waals surface area contributed by atoms with E-state index < -0.39 is 62.0 Å². The van der Waals surface area contributed by atoms with E-state index in [0.717, 1.165) is 33.8 Å². The molecule has 19 nitrogen and oxygen atoms in total. The minimum atomic E-state index is -1.42. The second-order valence-electron chi connectivity index (χ2n) is 14.0. The van der Waals surface area contributed by atoms with E-state index >= 15 is 0 Å². The number of halogens is 2. The van der Waals surface area contributed by atoms with Crippen LogP contribution in [0.4, 0.5) is 0 Å². The molecular formula is C47H76Cl2O19. The van der Waals surface area contributed by atoms with Crippen molar-refractivity contribution in [3.05, 3.63) is 128 Å². The molecule has 5 rings (SSSR count). The Morgan fingerprint density at radius 2 is 1.06 bits per heavy atom. The average molecular weight is 1020 g/mol. The van der Waals surface area contributed by atoms with Crippen LogP contribution < -0.4 is 9.47 Å². The van der Waals surface area contributed by atoms with Crippen LogP contribution in [0.2, 0.25) is 10.0 Å². The fourth-order valence-corrected chi connectivity index (χ4v) is 6.62. The van der Waals surface area contributed by atoms with Crippen LogP contribution in [0.3, 0.4) is 0 Å². The van der Waals surface area contributed by atoms with E-state index in [1.165, 1.54) is 0 Å². The van der Waals surface area contributed by atoms with Crippen molar-refractivity contribution in [3.63, 3.8) is 0 Å². The van der Waals surface area contributed by atoms with Crippen LogP contribution in [-0.4, -0.2) is 174 Å². The third-order valence-corrected chi connectivity index (χ3v) is 10.1. The molecule has 21 heteroatoms. The Labute approximate surface area is 408 Å². The largest absolute Gasteiger partial charge is 0.494 e. The van der Waals surface area contributed by atoms with Gasteiger partial charge in [-0.15, -0.1) is 0 Å². The van der Waals surface area contributed by atoms with Gasteiger partial charge in [0.05, 0.1) is 52.9 Å². The monoisotopic (exact) mass is 1010 g/mol. The molecule has 19 N–H and O–H groups in total. The normalized spacial score (nSPS) is 18.0. The molecule has 1 saturated heterocycles. The Hall–Kier alpha value is -3.62. The maximum Gasteiger partial charge on any atom is 0.119 e. The molecule has 0 saturated carbocycles. The molecule has 1 aliphatic rings. The van der Waals surface area contributed by atoms with E-state index in [0.29, 0.717) is 47.2 Å². The van der Waals surface area contributed by atoms with Gasteiger partial charge in [-0.3, -0.25) is 0 Å². The minimum absolute atomic E-state index is 0. The Morgan fingerprint density at radius 3 is 1.47 bits per heavy atom. The lowest BCUT2D eigenvalue weighted by Gasteiger charge is -2.40. The molecule has 4 aromatic rings. The lowest BCUT2D eigenvalue weighted by molar-refractivity contribution is -0.231. The van der Waals surface area contributed by atoms with Crippen molar-refractivity contribution in [1.29, 1.82) is 0 Å². The number of benzene rings is 4. The van der Waals surface area contributed by atoms with Gasteiger partial charge in [-0.1, -0.05) is 79.2 Å². The zero-order valence-corrected chi connectivity index (χ0v) is 39.3. The first-order valence-electron chi connectivity index (χ1n) is 20.6. The smallest absolute Gasteiger partial charge is 0.119 e. The van der Waals surface area contributed by atoms with Crippen molar-refractivity contribution in [2.75, 3.05) is 59.5 Å². The molecule has 0 aliphatic carbocycles. The zero-order valence-electron chi connectivity index (χ0n) is 37.8. The lowest BCUT2D eigenvalue weighted by Crippen LogP contribution is -2.55. The molecule has 0 bridgehead atoms. The fraction of sp³-hybridized carbons (Fsp3) is 0.489. The van der Waals surface area contributed by atoms with Gasteiger partial charge >= 0.3 is 0 Å². The van der Waals surface area contributed by atoms with Crippen LogP contribution in [0, 0.1) is 0 Å². The molecular weight excluding hydrogens is 939 g/mol. The van der Waals surface area contributed by atoms with E-state index in [2.05, 4.69) is 0 Å². The zero-order chi connectivity index (χ0) is 46.9. The molecule has 4 aromatic carbocycles. The van der Waals surface area contributed by atoms with Crippen molar-refractivity contribution < 1.29 is 97.0 Å². The van der Waals surface area contributed by atoms with Gasteiger partial charge in [-0.05, 0) is 103 Å². The van der Waals surface area contributed by atoms with Gasteiger partial charge in [0.15, 0.2) is 0 Å². The van der Waals surface area contributed by atoms with Gasteiger partial charge < -0.3 is 97.0 Å². The van der Waals surface area contributed by atoms with Crippen molar-refractivity contribution in [3.8, 4) is 11.5 Å². The maximum absolute atomic E-state index is 10.3. The predicted molar refractivity (Wildman–Crippen MR) is 259 cm³/mol. The highest BCUT2D eigenvalue weighted by Gasteiger charge is 2.44. The Morgan fingerprint density at radius 1 is 0.603 bits per heavy atom. The van der Waals surface area contributed by atoms with Gasteiger partial charge in [-0.25, -0.2) is 0 Å². The molecule has 0 amide bonds. The molecule has 392 valence electrons. The molecule has 0 radical (unpaired) electrons. The Kier molecular flexibility index (Phi) is 40.8. The summed E-state index contributed by atoms with van der Waals surface area (Å²) in [5, 5.41) is 102. The van der Waals surface area contributed by atoms with Crippen LogP contribution in [0.1, 0.15) is 73.8 Å². The summed E-state index contributed by atoms with van der Waals surface area (Å²) in [5.74, 6) is 1.59. The van der Waals surface area contributed by atoms with Crippen molar-refractivity contribution in [2.45, 2.75) is 89.9 Å². The van der Waals surface area contributed by atoms with Crippen LogP contribution >= 0.6 is 23.2 Å². The molecule has 1 aliphatic heterocycles. The highest BCUT2D eigenvalue weighted by atomic mass is 35.5. The topological polar surface area (TPSA) is 385 Å². The number of ether oxygens (including phenoxy) is 4. The summed E-state index contributed by atoms with van der Waals surface area (Å²) in [6.07, 6.45) is -8.46. The summed E-state index contributed by atoms with van der Waals surface area (Å²) in [4.78, 5) is 0. The second kappa shape index (κ2) is 39.1. The first-order valence-corrected chi connectivity index (χ1v) is 21.4. The van der Waals surface area contributed by atoms with Gasteiger partial charge in [0, 0.05) is 16.7 Å². The Bertz CT molecular complexity index is 1720. The summed E-state index contributed by atoms with van der Waals surface area (Å²) < 4.78 is 22.1. The highest BCUT2D eigenvalue weighted by Crippen LogP contribution is 2.35. The minimum Gasteiger partial charge on any atom is -0.494 e. The van der Waals surface area contributed by atoms with Crippen molar-refractivity contribution in [2.24, 2.45) is 0 Å². The average Bonchev–Trinajstić information content (AvgIpc) is 3.29. The quantitative estimate of drug-likeness (QED) is 0.0636. The van der Waals surface area contributed by atoms with E-state index in [1.807, 2.05) is 68.4 Å². The molecule has 0 unspecified atom stereocenters. The first-order chi connectivity index (χ1) is 30.3. The summed E-state index contributed by atoms with van der Waals surface area (Å²) in [6.45, 7) is 5.42. The molecule has 0 aromatic heterocycles. The predicted octanol–water partition coefficient (Wildman–Crippen LogP) is 0.245. The summed E-state index contributed by atoms with van der Waals surface area (Å²) >= 11 is 12.7. The molecule has 1 fully saturated rings. The Balaban J connectivity index is -0.000000497. The number of aliphatic hydroxyl groups excluding tert-OH is 11. The third-order valence-electron chi connectivity index (χ3n) is 9.33. The summed E-state index contributed by atoms with van der Waals surface area (Å²) in [6, 6.07) is 25.8. The summed E-state index contributed by atoms with van der Waals surface area (Å²) in [5.41, 5.74) is 4.94. The highest BCUT2D eigenvalue weighted by molar-refractivity contribution is 6.31. The van der Waals surface area contributed by atoms with Gasteiger partial charge in [0.2, 0.25) is 0 Å². The van der Waals surface area contributed by atoms with Crippen LogP contribution in [0.25, 0.3) is 0 Å².